The molecule has 1 fully saturated rings. The van der Waals surface area contributed by atoms with E-state index >= 15 is 0 Å². The molecule has 37 heavy (non-hydrogen) atoms. The van der Waals surface area contributed by atoms with E-state index in [2.05, 4.69) is 10.5 Å². The van der Waals surface area contributed by atoms with Gasteiger partial charge in [-0.2, -0.15) is 13.2 Å². The van der Waals surface area contributed by atoms with Crippen molar-refractivity contribution in [1.82, 2.24) is 5.32 Å². The molecule has 1 aromatic heterocycles. The molecule has 3 aliphatic rings. The van der Waals surface area contributed by atoms with Crippen molar-refractivity contribution in [2.75, 3.05) is 13.2 Å². The van der Waals surface area contributed by atoms with Gasteiger partial charge in [0.2, 0.25) is 0 Å². The van der Waals surface area contributed by atoms with E-state index in [1.54, 1.807) is 0 Å². The number of hydrogen-bond acceptors (Lipinski definition) is 6. The standard InChI is InChI=1S/C24H22Cl3F3N2O4S/c25-16-9-12(10-17(26)19(16)27)23(24(28,29)30)11-18(32-36-23)20-14-3-1-2-4-15(14)21(37-20)35-22(33)31-13-5-7-34-8-6-13/h9-10,13H,1-8,11H2,(H,31,33). The summed E-state index contributed by atoms with van der Waals surface area (Å²) in [5.41, 5.74) is -1.28. The molecule has 1 atom stereocenters. The van der Waals surface area contributed by atoms with Crippen molar-refractivity contribution in [2.24, 2.45) is 5.16 Å². The van der Waals surface area contributed by atoms with Crippen LogP contribution in [0.5, 0.6) is 5.06 Å². The summed E-state index contributed by atoms with van der Waals surface area (Å²) in [5.74, 6) is 0. The number of rotatable bonds is 4. The summed E-state index contributed by atoms with van der Waals surface area (Å²) >= 11 is 19.2. The molecule has 0 bridgehead atoms. The summed E-state index contributed by atoms with van der Waals surface area (Å²) in [6, 6.07) is 2.15. The number of alkyl halides is 3. The van der Waals surface area contributed by atoms with E-state index in [0.29, 0.717) is 48.8 Å². The highest BCUT2D eigenvalue weighted by atomic mass is 35.5. The van der Waals surface area contributed by atoms with E-state index in [4.69, 9.17) is 49.1 Å². The minimum Gasteiger partial charge on any atom is -0.399 e. The van der Waals surface area contributed by atoms with Crippen LogP contribution in [0.1, 0.15) is 53.7 Å². The molecule has 2 aliphatic heterocycles. The minimum atomic E-state index is -4.83. The first kappa shape index (κ1) is 26.9. The number of halogens is 6. The average Bonchev–Trinajstić information content (AvgIpc) is 3.46. The number of benzene rings is 1. The van der Waals surface area contributed by atoms with Gasteiger partial charge in [-0.05, 0) is 56.2 Å². The Morgan fingerprint density at radius 3 is 2.41 bits per heavy atom. The Balaban J connectivity index is 1.44. The lowest BCUT2D eigenvalue weighted by Gasteiger charge is -2.30. The van der Waals surface area contributed by atoms with Crippen molar-refractivity contribution in [3.63, 3.8) is 0 Å². The van der Waals surface area contributed by atoms with Crippen molar-refractivity contribution in [2.45, 2.75) is 62.8 Å². The molecule has 0 spiro atoms. The molecule has 1 aromatic carbocycles. The van der Waals surface area contributed by atoms with Crippen molar-refractivity contribution in [3.05, 3.63) is 48.8 Å². The van der Waals surface area contributed by atoms with Crippen LogP contribution in [-0.2, 0) is 28.0 Å². The van der Waals surface area contributed by atoms with Crippen LogP contribution >= 0.6 is 46.1 Å². The highest BCUT2D eigenvalue weighted by Gasteiger charge is 2.63. The molecule has 1 amide bonds. The van der Waals surface area contributed by atoms with Crippen LogP contribution in [0, 0.1) is 0 Å². The fourth-order valence-corrected chi connectivity index (χ4v) is 6.67. The first-order chi connectivity index (χ1) is 17.6. The molecule has 0 saturated carbocycles. The van der Waals surface area contributed by atoms with Gasteiger partial charge in [0, 0.05) is 30.4 Å². The highest BCUT2D eigenvalue weighted by molar-refractivity contribution is 7.16. The van der Waals surface area contributed by atoms with E-state index in [-0.39, 0.29) is 32.4 Å². The molecule has 1 saturated heterocycles. The molecule has 1 aliphatic carbocycles. The zero-order chi connectivity index (χ0) is 26.4. The number of carbonyl (C=O) groups excluding carboxylic acids is 1. The number of ether oxygens (including phenoxy) is 2. The van der Waals surface area contributed by atoms with Crippen LogP contribution in [0.3, 0.4) is 0 Å². The highest BCUT2D eigenvalue weighted by Crippen LogP contribution is 2.52. The Kier molecular flexibility index (Phi) is 7.59. The first-order valence-electron chi connectivity index (χ1n) is 11.8. The molecular formula is C24H22Cl3F3N2O4S. The summed E-state index contributed by atoms with van der Waals surface area (Å²) in [6.45, 7) is 1.13. The predicted molar refractivity (Wildman–Crippen MR) is 135 cm³/mol. The van der Waals surface area contributed by atoms with Gasteiger partial charge in [0.15, 0.2) is 5.06 Å². The van der Waals surface area contributed by atoms with Gasteiger partial charge in [-0.25, -0.2) is 4.79 Å². The number of nitrogens with zero attached hydrogens (tertiary/aromatic N) is 1. The number of oxime groups is 1. The molecule has 13 heteroatoms. The summed E-state index contributed by atoms with van der Waals surface area (Å²) in [6.07, 6.45) is -1.58. The molecule has 6 nitrogen and oxygen atoms in total. The third kappa shape index (κ3) is 5.15. The molecule has 200 valence electrons. The number of hydrogen-bond donors (Lipinski definition) is 1. The Morgan fingerprint density at radius 1 is 1.11 bits per heavy atom. The summed E-state index contributed by atoms with van der Waals surface area (Å²) in [4.78, 5) is 18.3. The third-order valence-electron chi connectivity index (χ3n) is 6.81. The van der Waals surface area contributed by atoms with Crippen LogP contribution in [-0.4, -0.2) is 37.2 Å². The monoisotopic (exact) mass is 596 g/mol. The van der Waals surface area contributed by atoms with Crippen molar-refractivity contribution < 1.29 is 32.3 Å². The topological polar surface area (TPSA) is 69.2 Å². The fraction of sp³-hybridized carbons (Fsp3) is 0.500. The van der Waals surface area contributed by atoms with Crippen molar-refractivity contribution in [3.8, 4) is 5.06 Å². The van der Waals surface area contributed by atoms with Gasteiger partial charge >= 0.3 is 12.3 Å². The van der Waals surface area contributed by atoms with E-state index in [9.17, 15) is 18.0 Å². The van der Waals surface area contributed by atoms with E-state index < -0.39 is 24.3 Å². The van der Waals surface area contributed by atoms with Gasteiger partial charge in [-0.15, -0.1) is 0 Å². The zero-order valence-electron chi connectivity index (χ0n) is 19.4. The quantitative estimate of drug-likeness (QED) is 0.372. The Labute approximate surface area is 230 Å². The number of carbonyl (C=O) groups is 1. The maximum atomic E-state index is 14.5. The average molecular weight is 598 g/mol. The van der Waals surface area contributed by atoms with Gasteiger partial charge in [0.25, 0.3) is 5.60 Å². The Morgan fingerprint density at radius 2 is 1.76 bits per heavy atom. The Hall–Kier alpha value is -1.72. The van der Waals surface area contributed by atoms with Crippen LogP contribution < -0.4 is 10.1 Å². The van der Waals surface area contributed by atoms with Crippen LogP contribution in [0.15, 0.2) is 17.3 Å². The number of thiophene rings is 1. The molecule has 5 rings (SSSR count). The second kappa shape index (κ2) is 10.4. The van der Waals surface area contributed by atoms with Gasteiger partial charge < -0.3 is 19.6 Å². The SMILES string of the molecule is O=C(NC1CCOCC1)Oc1sc(C2=NOC(c3cc(Cl)c(Cl)c(Cl)c3)(C(F)(F)F)C2)c2c1CCCC2. The Bertz CT molecular complexity index is 1220. The van der Waals surface area contributed by atoms with Crippen molar-refractivity contribution in [1.29, 1.82) is 0 Å². The van der Waals surface area contributed by atoms with Gasteiger partial charge in [-0.3, -0.25) is 0 Å². The lowest BCUT2D eigenvalue weighted by molar-refractivity contribution is -0.275. The van der Waals surface area contributed by atoms with Crippen LogP contribution in [0.2, 0.25) is 15.1 Å². The minimum absolute atomic E-state index is 0.0447. The molecular weight excluding hydrogens is 576 g/mol. The van der Waals surface area contributed by atoms with E-state index in [1.807, 2.05) is 0 Å². The molecule has 1 N–H and O–H groups in total. The van der Waals surface area contributed by atoms with Gasteiger partial charge in [-0.1, -0.05) is 51.3 Å². The normalized spacial score (nSPS) is 22.3. The molecule has 2 aromatic rings. The number of nitrogens with one attached hydrogen (secondary N) is 1. The smallest absolute Gasteiger partial charge is 0.399 e. The van der Waals surface area contributed by atoms with Crippen LogP contribution in [0.4, 0.5) is 18.0 Å². The maximum Gasteiger partial charge on any atom is 0.435 e. The van der Waals surface area contributed by atoms with Crippen LogP contribution in [0.25, 0.3) is 0 Å². The molecule has 3 heterocycles. The van der Waals surface area contributed by atoms with E-state index in [1.165, 1.54) is 0 Å². The maximum absolute atomic E-state index is 14.5. The molecule has 0 radical (unpaired) electrons. The second-order valence-electron chi connectivity index (χ2n) is 9.19. The lowest BCUT2D eigenvalue weighted by Crippen LogP contribution is -2.42. The largest absolute Gasteiger partial charge is 0.435 e. The third-order valence-corrected chi connectivity index (χ3v) is 9.21. The number of amides is 1. The zero-order valence-corrected chi connectivity index (χ0v) is 22.4. The second-order valence-corrected chi connectivity index (χ2v) is 11.4. The molecule has 1 unspecified atom stereocenters. The summed E-state index contributed by atoms with van der Waals surface area (Å²) < 4.78 is 54.5. The van der Waals surface area contributed by atoms with Gasteiger partial charge in [0.05, 0.1) is 26.4 Å². The summed E-state index contributed by atoms with van der Waals surface area (Å²) in [5, 5.41) is 6.83. The first-order valence-corrected chi connectivity index (χ1v) is 13.7. The fourth-order valence-electron chi connectivity index (χ4n) is 4.85. The van der Waals surface area contributed by atoms with E-state index in [0.717, 1.165) is 47.4 Å². The van der Waals surface area contributed by atoms with Gasteiger partial charge in [0.1, 0.15) is 5.71 Å². The lowest BCUT2D eigenvalue weighted by atomic mass is 9.86. The number of fused-ring (bicyclic) bond motifs is 1. The van der Waals surface area contributed by atoms with Crippen molar-refractivity contribution >= 4 is 57.9 Å². The summed E-state index contributed by atoms with van der Waals surface area (Å²) in [7, 11) is 0. The predicted octanol–water partition coefficient (Wildman–Crippen LogP) is 7.44.